The zero-order valence-electron chi connectivity index (χ0n) is 18.8. The van der Waals surface area contributed by atoms with Gasteiger partial charge in [-0.2, -0.15) is 0 Å². The summed E-state index contributed by atoms with van der Waals surface area (Å²) in [5.41, 5.74) is 4.46. The van der Waals surface area contributed by atoms with Gasteiger partial charge in [-0.15, -0.1) is 0 Å². The molecule has 4 saturated carbocycles. The van der Waals surface area contributed by atoms with Gasteiger partial charge in [0.1, 0.15) is 0 Å². The number of aryl methyl sites for hydroxylation is 1. The molecule has 156 valence electrons. The third-order valence-corrected chi connectivity index (χ3v) is 9.34. The molecule has 0 aliphatic heterocycles. The second-order valence-corrected chi connectivity index (χ2v) is 10.8. The summed E-state index contributed by atoms with van der Waals surface area (Å²) in [4.78, 5) is 0. The minimum absolute atomic E-state index is 0.532. The van der Waals surface area contributed by atoms with E-state index >= 15 is 0 Å². The average molecular weight is 381 g/mol. The Morgan fingerprint density at radius 1 is 0.750 bits per heavy atom. The van der Waals surface area contributed by atoms with Gasteiger partial charge < -0.3 is 0 Å². The van der Waals surface area contributed by atoms with Crippen molar-refractivity contribution in [2.75, 3.05) is 0 Å². The number of hydrogen-bond acceptors (Lipinski definition) is 0. The van der Waals surface area contributed by atoms with Gasteiger partial charge in [-0.05, 0) is 91.6 Å². The Bertz CT molecular complexity index is 577. The number of benzene rings is 1. The van der Waals surface area contributed by atoms with Crippen molar-refractivity contribution in [1.29, 1.82) is 0 Å². The summed E-state index contributed by atoms with van der Waals surface area (Å²) >= 11 is 0. The quantitative estimate of drug-likeness (QED) is 0.396. The fourth-order valence-electron chi connectivity index (χ4n) is 7.32. The van der Waals surface area contributed by atoms with E-state index in [0.717, 1.165) is 17.3 Å². The van der Waals surface area contributed by atoms with Crippen molar-refractivity contribution in [1.82, 2.24) is 0 Å². The monoisotopic (exact) mass is 380 g/mol. The van der Waals surface area contributed by atoms with Crippen molar-refractivity contribution in [2.45, 2.75) is 122 Å². The van der Waals surface area contributed by atoms with E-state index in [1.807, 2.05) is 0 Å². The zero-order chi connectivity index (χ0) is 19.5. The number of rotatable bonds is 8. The van der Waals surface area contributed by atoms with Gasteiger partial charge in [0.05, 0.1) is 0 Å². The smallest absolute Gasteiger partial charge is 0.00463 e. The number of unbranched alkanes of at least 4 members (excludes halogenated alkanes) is 2. The Hall–Kier alpha value is -0.780. The molecule has 0 radical (unpaired) electrons. The molecule has 0 spiro atoms. The van der Waals surface area contributed by atoms with Gasteiger partial charge >= 0.3 is 0 Å². The Balaban J connectivity index is 1.33. The lowest BCUT2D eigenvalue weighted by molar-refractivity contribution is -0.0294. The second-order valence-electron chi connectivity index (χ2n) is 10.8. The van der Waals surface area contributed by atoms with Crippen LogP contribution in [0.2, 0.25) is 0 Å². The molecule has 0 saturated heterocycles. The molecule has 0 unspecified atom stereocenters. The summed E-state index contributed by atoms with van der Waals surface area (Å²) < 4.78 is 0. The van der Waals surface area contributed by atoms with Crippen LogP contribution >= 0.6 is 0 Å². The van der Waals surface area contributed by atoms with Gasteiger partial charge in [-0.3, -0.25) is 0 Å². The van der Waals surface area contributed by atoms with Crippen LogP contribution in [0.15, 0.2) is 24.3 Å². The van der Waals surface area contributed by atoms with Gasteiger partial charge in [-0.1, -0.05) is 83.1 Å². The molecule has 4 aliphatic carbocycles. The average Bonchev–Trinajstić information content (AvgIpc) is 2.76. The lowest BCUT2D eigenvalue weighted by Crippen LogP contribution is -2.48. The van der Waals surface area contributed by atoms with Crippen LogP contribution in [0.4, 0.5) is 0 Å². The lowest BCUT2D eigenvalue weighted by Gasteiger charge is -2.58. The van der Waals surface area contributed by atoms with E-state index in [-0.39, 0.29) is 0 Å². The minimum atomic E-state index is 0.532. The van der Waals surface area contributed by atoms with Crippen LogP contribution in [0.3, 0.4) is 0 Å². The van der Waals surface area contributed by atoms with Crippen molar-refractivity contribution in [2.24, 2.45) is 17.3 Å². The normalized spacial score (nSPS) is 35.2. The van der Waals surface area contributed by atoms with Crippen LogP contribution in [0.1, 0.15) is 121 Å². The van der Waals surface area contributed by atoms with Gasteiger partial charge in [-0.25, -0.2) is 0 Å². The third-order valence-electron chi connectivity index (χ3n) is 9.34. The number of hydrogen-bond donors (Lipinski definition) is 0. The summed E-state index contributed by atoms with van der Waals surface area (Å²) in [5.74, 6) is 2.12. The van der Waals surface area contributed by atoms with E-state index in [0.29, 0.717) is 5.41 Å². The molecule has 0 amide bonds. The summed E-state index contributed by atoms with van der Waals surface area (Å²) in [6.45, 7) is 4.62. The highest BCUT2D eigenvalue weighted by Gasteiger charge is 2.52. The van der Waals surface area contributed by atoms with Crippen LogP contribution in [0, 0.1) is 17.3 Å². The van der Waals surface area contributed by atoms with Crippen LogP contribution in [-0.4, -0.2) is 0 Å². The van der Waals surface area contributed by atoms with E-state index in [4.69, 9.17) is 0 Å². The fourth-order valence-corrected chi connectivity index (χ4v) is 7.32. The van der Waals surface area contributed by atoms with E-state index in [1.54, 1.807) is 31.2 Å². The van der Waals surface area contributed by atoms with Gasteiger partial charge in [0.15, 0.2) is 0 Å². The van der Waals surface area contributed by atoms with Crippen molar-refractivity contribution in [3.05, 3.63) is 35.4 Å². The zero-order valence-corrected chi connectivity index (χ0v) is 18.8. The lowest BCUT2D eigenvalue weighted by atomic mass is 9.47. The molecule has 1 aromatic carbocycles. The minimum Gasteiger partial charge on any atom is -0.0654 e. The SMILES string of the molecule is CCCCCC1CCC(C23CCC(c4ccc(CCC)cc4)(CC2)CC3)CC1. The first-order valence-corrected chi connectivity index (χ1v) is 12.8. The van der Waals surface area contributed by atoms with Crippen LogP contribution < -0.4 is 0 Å². The third kappa shape index (κ3) is 4.08. The summed E-state index contributed by atoms with van der Waals surface area (Å²) in [7, 11) is 0. The molecule has 0 heterocycles. The van der Waals surface area contributed by atoms with E-state index in [9.17, 15) is 0 Å². The van der Waals surface area contributed by atoms with Crippen molar-refractivity contribution in [3.8, 4) is 0 Å². The van der Waals surface area contributed by atoms with Gasteiger partial charge in [0.2, 0.25) is 0 Å². The number of fused-ring (bicyclic) bond motifs is 3. The maximum Gasteiger partial charge on any atom is -0.00463 e. The molecule has 2 bridgehead atoms. The van der Waals surface area contributed by atoms with E-state index in [1.165, 1.54) is 82.6 Å². The maximum atomic E-state index is 2.49. The topological polar surface area (TPSA) is 0 Å². The second kappa shape index (κ2) is 8.93. The Morgan fingerprint density at radius 3 is 1.96 bits per heavy atom. The Kier molecular flexibility index (Phi) is 6.53. The Morgan fingerprint density at radius 2 is 1.39 bits per heavy atom. The predicted octanol–water partition coefficient (Wildman–Crippen LogP) is 8.62. The van der Waals surface area contributed by atoms with E-state index < -0.39 is 0 Å². The first-order valence-electron chi connectivity index (χ1n) is 12.8. The highest BCUT2D eigenvalue weighted by atomic mass is 14.6. The molecule has 4 fully saturated rings. The van der Waals surface area contributed by atoms with Crippen molar-refractivity contribution in [3.63, 3.8) is 0 Å². The van der Waals surface area contributed by atoms with Gasteiger partial charge in [0.25, 0.3) is 0 Å². The Labute approximate surface area is 174 Å². The van der Waals surface area contributed by atoms with Crippen LogP contribution in [0.25, 0.3) is 0 Å². The molecule has 0 heteroatoms. The van der Waals surface area contributed by atoms with Crippen LogP contribution in [0.5, 0.6) is 0 Å². The van der Waals surface area contributed by atoms with E-state index in [2.05, 4.69) is 38.1 Å². The molecule has 1 aromatic rings. The molecule has 4 aliphatic rings. The highest BCUT2D eigenvalue weighted by Crippen LogP contribution is 2.62. The fraction of sp³-hybridized carbons (Fsp3) is 0.786. The molecular weight excluding hydrogens is 336 g/mol. The van der Waals surface area contributed by atoms with Gasteiger partial charge in [0, 0.05) is 0 Å². The predicted molar refractivity (Wildman–Crippen MR) is 122 cm³/mol. The maximum absolute atomic E-state index is 2.49. The van der Waals surface area contributed by atoms with Crippen molar-refractivity contribution >= 4 is 0 Å². The van der Waals surface area contributed by atoms with Crippen LogP contribution in [-0.2, 0) is 11.8 Å². The molecule has 0 N–H and O–H groups in total. The standard InChI is InChI=1S/C28H44/c1-3-5-6-8-24-11-15-26(16-12-24)28-20-17-27(18-21-28,19-22-28)25-13-9-23(7-4-2)10-14-25/h9-10,13-14,24,26H,3-8,11-12,15-22H2,1-2H3. The largest absolute Gasteiger partial charge is 0.0654 e. The highest BCUT2D eigenvalue weighted by molar-refractivity contribution is 5.31. The van der Waals surface area contributed by atoms with Crippen molar-refractivity contribution < 1.29 is 0 Å². The summed E-state index contributed by atoms with van der Waals surface area (Å²) in [6.07, 6.45) is 23.5. The summed E-state index contributed by atoms with van der Waals surface area (Å²) in [6, 6.07) is 9.82. The molecular formula is C28H44. The first kappa shape index (κ1) is 20.5. The summed E-state index contributed by atoms with van der Waals surface area (Å²) in [5, 5.41) is 0. The molecule has 0 nitrogen and oxygen atoms in total. The molecule has 28 heavy (non-hydrogen) atoms. The molecule has 0 atom stereocenters. The first-order chi connectivity index (χ1) is 13.7. The molecule has 0 aromatic heterocycles. The molecule has 5 rings (SSSR count).